The van der Waals surface area contributed by atoms with Gasteiger partial charge in [0.1, 0.15) is 11.5 Å². The van der Waals surface area contributed by atoms with Crippen LogP contribution in [-0.4, -0.2) is 47.3 Å². The molecule has 7 heteroatoms. The molecular formula is C17H22ClFN4O. The predicted octanol–water partition coefficient (Wildman–Crippen LogP) is 2.42. The summed E-state index contributed by atoms with van der Waals surface area (Å²) in [5.41, 5.74) is 1.56. The number of nitrogens with one attached hydrogen (secondary N) is 1. The molecule has 1 aromatic heterocycles. The number of nitrogens with zero attached hydrogens (tertiary/aromatic N) is 3. The first-order chi connectivity index (χ1) is 11.1. The van der Waals surface area contributed by atoms with E-state index in [0.29, 0.717) is 22.9 Å². The summed E-state index contributed by atoms with van der Waals surface area (Å²) in [6, 6.07) is 6.43. The maximum atomic E-state index is 13.9. The van der Waals surface area contributed by atoms with Gasteiger partial charge in [-0.1, -0.05) is 12.1 Å². The quantitative estimate of drug-likeness (QED) is 0.919. The van der Waals surface area contributed by atoms with E-state index < -0.39 is 0 Å². The maximum absolute atomic E-state index is 13.9. The van der Waals surface area contributed by atoms with Gasteiger partial charge in [0, 0.05) is 13.1 Å². The molecule has 1 aromatic carbocycles. The highest BCUT2D eigenvalue weighted by Gasteiger charge is 2.28. The summed E-state index contributed by atoms with van der Waals surface area (Å²) in [6.45, 7) is 4.23. The Morgan fingerprint density at radius 2 is 2.17 bits per heavy atom. The Balaban J connectivity index is 0.00000208. The molecule has 1 aliphatic heterocycles. The zero-order chi connectivity index (χ0) is 16.4. The molecule has 0 bridgehead atoms. The molecule has 1 amide bonds. The summed E-state index contributed by atoms with van der Waals surface area (Å²) in [6.07, 6.45) is 2.54. The van der Waals surface area contributed by atoms with Gasteiger partial charge in [-0.15, -0.1) is 12.4 Å². The fourth-order valence-electron chi connectivity index (χ4n) is 3.13. The number of hydrogen-bond donors (Lipinski definition) is 1. The summed E-state index contributed by atoms with van der Waals surface area (Å²) in [4.78, 5) is 14.6. The first-order valence-corrected chi connectivity index (χ1v) is 7.85. The van der Waals surface area contributed by atoms with Crippen LogP contribution >= 0.6 is 12.4 Å². The van der Waals surface area contributed by atoms with Gasteiger partial charge in [0.2, 0.25) is 0 Å². The fraction of sp³-hybridized carbons (Fsp3) is 0.412. The molecule has 1 fully saturated rings. The Labute approximate surface area is 147 Å². The van der Waals surface area contributed by atoms with Crippen LogP contribution in [0, 0.1) is 18.7 Å². The topological polar surface area (TPSA) is 50.2 Å². The van der Waals surface area contributed by atoms with Gasteiger partial charge in [-0.05, 0) is 45.0 Å². The van der Waals surface area contributed by atoms with Gasteiger partial charge >= 0.3 is 0 Å². The number of hydrogen-bond acceptors (Lipinski definition) is 3. The average molecular weight is 353 g/mol. The highest BCUT2D eigenvalue weighted by Crippen LogP contribution is 2.22. The minimum Gasteiger partial charge on any atom is -0.338 e. The van der Waals surface area contributed by atoms with E-state index in [0.717, 1.165) is 26.1 Å². The lowest BCUT2D eigenvalue weighted by atomic mass is 10.1. The number of carbonyl (C=O) groups is 1. The van der Waals surface area contributed by atoms with Crippen molar-refractivity contribution in [2.45, 2.75) is 13.3 Å². The minimum atomic E-state index is -0.354. The minimum absolute atomic E-state index is 0. The van der Waals surface area contributed by atoms with Crippen LogP contribution in [0.15, 0.2) is 30.5 Å². The van der Waals surface area contributed by atoms with Crippen LogP contribution in [0.1, 0.15) is 22.5 Å². The number of amides is 1. The van der Waals surface area contributed by atoms with Crippen LogP contribution in [0.4, 0.5) is 4.39 Å². The second kappa shape index (κ2) is 7.77. The molecule has 0 spiro atoms. The van der Waals surface area contributed by atoms with Crippen molar-refractivity contribution in [1.29, 1.82) is 0 Å². The third-order valence-electron chi connectivity index (χ3n) is 4.39. The third kappa shape index (κ3) is 3.44. The van der Waals surface area contributed by atoms with Crippen LogP contribution in [0.25, 0.3) is 5.69 Å². The van der Waals surface area contributed by atoms with Crippen molar-refractivity contribution in [1.82, 2.24) is 20.0 Å². The Hall–Kier alpha value is -1.92. The Morgan fingerprint density at radius 1 is 1.42 bits per heavy atom. The first-order valence-electron chi connectivity index (χ1n) is 7.85. The lowest BCUT2D eigenvalue weighted by Gasteiger charge is -2.16. The second-order valence-electron chi connectivity index (χ2n) is 5.97. The molecule has 0 saturated carbocycles. The van der Waals surface area contributed by atoms with Gasteiger partial charge in [0.15, 0.2) is 0 Å². The van der Waals surface area contributed by atoms with Crippen LogP contribution in [-0.2, 0) is 0 Å². The molecule has 1 aliphatic rings. The molecule has 0 aliphatic carbocycles. The van der Waals surface area contributed by atoms with E-state index >= 15 is 0 Å². The van der Waals surface area contributed by atoms with E-state index in [4.69, 9.17) is 0 Å². The summed E-state index contributed by atoms with van der Waals surface area (Å²) in [5, 5.41) is 7.37. The van der Waals surface area contributed by atoms with Crippen LogP contribution in [0.2, 0.25) is 0 Å². The molecule has 2 heterocycles. The van der Waals surface area contributed by atoms with Crippen molar-refractivity contribution >= 4 is 18.3 Å². The summed E-state index contributed by atoms with van der Waals surface area (Å²) in [7, 11) is 1.92. The van der Waals surface area contributed by atoms with Crippen molar-refractivity contribution in [2.24, 2.45) is 5.92 Å². The van der Waals surface area contributed by atoms with E-state index in [1.165, 1.54) is 16.9 Å². The van der Waals surface area contributed by atoms with Crippen molar-refractivity contribution in [3.8, 4) is 5.69 Å². The smallest absolute Gasteiger partial charge is 0.257 e. The molecule has 1 N–H and O–H groups in total. The van der Waals surface area contributed by atoms with E-state index in [1.807, 2.05) is 11.9 Å². The van der Waals surface area contributed by atoms with Gasteiger partial charge < -0.3 is 10.2 Å². The average Bonchev–Trinajstić information content (AvgIpc) is 3.15. The van der Waals surface area contributed by atoms with Gasteiger partial charge in [0.25, 0.3) is 5.91 Å². The van der Waals surface area contributed by atoms with E-state index in [1.54, 1.807) is 25.1 Å². The van der Waals surface area contributed by atoms with Gasteiger partial charge in [-0.2, -0.15) is 5.10 Å². The van der Waals surface area contributed by atoms with Crippen molar-refractivity contribution < 1.29 is 9.18 Å². The molecule has 1 unspecified atom stereocenters. The van der Waals surface area contributed by atoms with Crippen LogP contribution < -0.4 is 5.32 Å². The molecule has 5 nitrogen and oxygen atoms in total. The Bertz CT molecular complexity index is 718. The molecule has 3 rings (SSSR count). The summed E-state index contributed by atoms with van der Waals surface area (Å²) >= 11 is 0. The number of aromatic nitrogens is 2. The lowest BCUT2D eigenvalue weighted by Crippen LogP contribution is -2.30. The van der Waals surface area contributed by atoms with Crippen molar-refractivity contribution in [2.75, 3.05) is 26.7 Å². The molecule has 24 heavy (non-hydrogen) atoms. The molecule has 1 atom stereocenters. The van der Waals surface area contributed by atoms with Crippen molar-refractivity contribution in [3.63, 3.8) is 0 Å². The molecule has 2 aromatic rings. The lowest BCUT2D eigenvalue weighted by molar-refractivity contribution is 0.0786. The summed E-state index contributed by atoms with van der Waals surface area (Å²) < 4.78 is 15.4. The second-order valence-corrected chi connectivity index (χ2v) is 5.97. The van der Waals surface area contributed by atoms with Crippen LogP contribution in [0.5, 0.6) is 0 Å². The summed E-state index contributed by atoms with van der Waals surface area (Å²) in [5.74, 6) is 0.113. The monoisotopic (exact) mass is 352 g/mol. The van der Waals surface area contributed by atoms with Crippen LogP contribution in [0.3, 0.4) is 0 Å². The number of halogens is 2. The van der Waals surface area contributed by atoms with E-state index in [2.05, 4.69) is 10.4 Å². The van der Waals surface area contributed by atoms with Gasteiger partial charge in [-0.25, -0.2) is 9.07 Å². The molecular weight excluding hydrogens is 331 g/mol. The van der Waals surface area contributed by atoms with Crippen molar-refractivity contribution in [3.05, 3.63) is 47.5 Å². The standard InChI is InChI=1S/C17H21FN4O.ClH/c1-12-14(17(23)21-8-7-13(11-21)9-19-2)10-20-22(12)16-6-4-3-5-15(16)18;/h3-6,10,13,19H,7-9,11H2,1-2H3;1H. The maximum Gasteiger partial charge on any atom is 0.257 e. The number of benzene rings is 1. The van der Waals surface area contributed by atoms with E-state index in [-0.39, 0.29) is 24.1 Å². The fourth-order valence-corrected chi connectivity index (χ4v) is 3.13. The number of para-hydroxylation sites is 1. The highest BCUT2D eigenvalue weighted by atomic mass is 35.5. The third-order valence-corrected chi connectivity index (χ3v) is 4.39. The number of carbonyl (C=O) groups excluding carboxylic acids is 1. The Kier molecular flexibility index (Phi) is 5.96. The predicted molar refractivity (Wildman–Crippen MR) is 93.4 cm³/mol. The number of likely N-dealkylation sites (tertiary alicyclic amines) is 1. The molecule has 130 valence electrons. The highest BCUT2D eigenvalue weighted by molar-refractivity contribution is 5.95. The number of rotatable bonds is 4. The molecule has 1 saturated heterocycles. The first kappa shape index (κ1) is 18.4. The van der Waals surface area contributed by atoms with Gasteiger partial charge in [0.05, 0.1) is 17.5 Å². The normalized spacial score (nSPS) is 17.0. The zero-order valence-electron chi connectivity index (χ0n) is 13.8. The zero-order valence-corrected chi connectivity index (χ0v) is 14.6. The van der Waals surface area contributed by atoms with Gasteiger partial charge in [-0.3, -0.25) is 4.79 Å². The SMILES string of the molecule is CNCC1CCN(C(=O)c2cnn(-c3ccccc3F)c2C)C1.Cl. The van der Waals surface area contributed by atoms with E-state index in [9.17, 15) is 9.18 Å². The largest absolute Gasteiger partial charge is 0.338 e. The Morgan fingerprint density at radius 3 is 2.88 bits per heavy atom. The molecule has 0 radical (unpaired) electrons.